The highest BCUT2D eigenvalue weighted by molar-refractivity contribution is 6.02. The normalized spacial score (nSPS) is 18.0. The third-order valence-corrected chi connectivity index (χ3v) is 4.48. The Balaban J connectivity index is 2.18. The molecule has 0 radical (unpaired) electrons. The number of hydrogen-bond donors (Lipinski definition) is 2. The molecule has 0 aromatic heterocycles. The average Bonchev–Trinajstić information content (AvgIpc) is 3.06. The number of benzene rings is 2. The first kappa shape index (κ1) is 17.9. The minimum atomic E-state index is -0.736. The van der Waals surface area contributed by atoms with E-state index in [1.807, 2.05) is 37.3 Å². The molecule has 1 aliphatic heterocycles. The molecular formula is C20H21FN2O3. The average molecular weight is 356 g/mol. The number of hydrogen-bond acceptors (Lipinski definition) is 3. The Morgan fingerprint density at radius 1 is 1.15 bits per heavy atom. The maximum absolute atomic E-state index is 13.7. The maximum atomic E-state index is 13.7. The molecule has 2 amide bonds. The maximum Gasteiger partial charge on any atom is 0.254 e. The van der Waals surface area contributed by atoms with Gasteiger partial charge in [0, 0.05) is 24.7 Å². The van der Waals surface area contributed by atoms with E-state index in [1.165, 1.54) is 13.1 Å². The van der Waals surface area contributed by atoms with Gasteiger partial charge in [-0.25, -0.2) is 4.39 Å². The standard InChI is InChI=1S/C20H21FN2O3/c1-3-23-19(24)13-9-14-17(12-7-5-4-6-8-12)16(11-21)26-18(14)15(10-13)20(25)22-2/h4-10,16-17H,3,11H2,1-2H3,(H,22,25)(H,23,24)/t16?,17-/m0/s1. The predicted octanol–water partition coefficient (Wildman–Crippen LogP) is 2.66. The van der Waals surface area contributed by atoms with Crippen LogP contribution in [0.4, 0.5) is 4.39 Å². The molecule has 6 heteroatoms. The monoisotopic (exact) mass is 356 g/mol. The van der Waals surface area contributed by atoms with Crippen molar-refractivity contribution in [1.82, 2.24) is 10.6 Å². The van der Waals surface area contributed by atoms with Crippen LogP contribution in [0.2, 0.25) is 0 Å². The molecule has 0 spiro atoms. The lowest BCUT2D eigenvalue weighted by molar-refractivity contribution is 0.0955. The lowest BCUT2D eigenvalue weighted by Gasteiger charge is -2.16. The highest BCUT2D eigenvalue weighted by atomic mass is 19.1. The summed E-state index contributed by atoms with van der Waals surface area (Å²) in [5, 5.41) is 5.28. The number of nitrogens with one attached hydrogen (secondary N) is 2. The van der Waals surface area contributed by atoms with E-state index < -0.39 is 12.8 Å². The Hall–Kier alpha value is -2.89. The number of ether oxygens (including phenoxy) is 1. The van der Waals surface area contributed by atoms with E-state index in [0.717, 1.165) is 5.56 Å². The first-order valence-electron chi connectivity index (χ1n) is 8.56. The Labute approximate surface area is 151 Å². The van der Waals surface area contributed by atoms with Crippen LogP contribution in [-0.4, -0.2) is 38.2 Å². The van der Waals surface area contributed by atoms with Gasteiger partial charge in [-0.1, -0.05) is 30.3 Å². The van der Waals surface area contributed by atoms with E-state index in [1.54, 1.807) is 6.07 Å². The second-order valence-electron chi connectivity index (χ2n) is 6.08. The number of rotatable bonds is 5. The van der Waals surface area contributed by atoms with Gasteiger partial charge in [0.05, 0.1) is 11.5 Å². The van der Waals surface area contributed by atoms with Gasteiger partial charge in [0.15, 0.2) is 0 Å². The summed E-state index contributed by atoms with van der Waals surface area (Å²) < 4.78 is 19.5. The van der Waals surface area contributed by atoms with Crippen LogP contribution in [0.25, 0.3) is 0 Å². The van der Waals surface area contributed by atoms with Crippen molar-refractivity contribution < 1.29 is 18.7 Å². The summed E-state index contributed by atoms with van der Waals surface area (Å²) in [4.78, 5) is 24.7. The van der Waals surface area contributed by atoms with Crippen LogP contribution in [-0.2, 0) is 0 Å². The first-order chi connectivity index (χ1) is 12.6. The van der Waals surface area contributed by atoms with Crippen molar-refractivity contribution >= 4 is 11.8 Å². The number of alkyl halides is 1. The van der Waals surface area contributed by atoms with E-state index >= 15 is 0 Å². The van der Waals surface area contributed by atoms with Crippen molar-refractivity contribution in [3.05, 3.63) is 64.7 Å². The quantitative estimate of drug-likeness (QED) is 0.866. The van der Waals surface area contributed by atoms with Crippen molar-refractivity contribution in [2.24, 2.45) is 0 Å². The van der Waals surface area contributed by atoms with Crippen LogP contribution in [0, 0.1) is 0 Å². The molecule has 0 saturated carbocycles. The van der Waals surface area contributed by atoms with E-state index in [9.17, 15) is 14.0 Å². The van der Waals surface area contributed by atoms with Crippen molar-refractivity contribution in [2.45, 2.75) is 18.9 Å². The number of carbonyl (C=O) groups excluding carboxylic acids is 2. The zero-order chi connectivity index (χ0) is 18.7. The van der Waals surface area contributed by atoms with Crippen molar-refractivity contribution in [3.8, 4) is 5.75 Å². The van der Waals surface area contributed by atoms with E-state index in [4.69, 9.17) is 4.74 Å². The van der Waals surface area contributed by atoms with Crippen molar-refractivity contribution in [1.29, 1.82) is 0 Å². The molecule has 3 rings (SSSR count). The van der Waals surface area contributed by atoms with Crippen LogP contribution >= 0.6 is 0 Å². The fraction of sp³-hybridized carbons (Fsp3) is 0.300. The molecule has 1 unspecified atom stereocenters. The molecule has 0 bridgehead atoms. The third kappa shape index (κ3) is 3.14. The van der Waals surface area contributed by atoms with Crippen LogP contribution in [0.3, 0.4) is 0 Å². The lowest BCUT2D eigenvalue weighted by Crippen LogP contribution is -2.24. The Morgan fingerprint density at radius 3 is 2.50 bits per heavy atom. The van der Waals surface area contributed by atoms with Crippen LogP contribution in [0.5, 0.6) is 5.75 Å². The first-order valence-corrected chi connectivity index (χ1v) is 8.56. The number of fused-ring (bicyclic) bond motifs is 1. The lowest BCUT2D eigenvalue weighted by atomic mass is 9.86. The number of halogens is 1. The second kappa shape index (κ2) is 7.56. The molecule has 2 atom stereocenters. The molecule has 0 saturated heterocycles. The molecule has 0 fully saturated rings. The van der Waals surface area contributed by atoms with Crippen LogP contribution in [0.15, 0.2) is 42.5 Å². The second-order valence-corrected chi connectivity index (χ2v) is 6.08. The smallest absolute Gasteiger partial charge is 0.254 e. The minimum Gasteiger partial charge on any atom is -0.486 e. The summed E-state index contributed by atoms with van der Waals surface area (Å²) in [6.45, 7) is 1.59. The molecule has 2 N–H and O–H groups in total. The highest BCUT2D eigenvalue weighted by Crippen LogP contribution is 2.45. The fourth-order valence-corrected chi connectivity index (χ4v) is 3.31. The number of carbonyl (C=O) groups is 2. The van der Waals surface area contributed by atoms with E-state index in [0.29, 0.717) is 23.4 Å². The third-order valence-electron chi connectivity index (χ3n) is 4.48. The Kier molecular flexibility index (Phi) is 5.21. The molecule has 2 aromatic rings. The van der Waals surface area contributed by atoms with E-state index in [2.05, 4.69) is 10.6 Å². The summed E-state index contributed by atoms with van der Waals surface area (Å²) in [5.74, 6) is -0.697. The van der Waals surface area contributed by atoms with Crippen LogP contribution in [0.1, 0.15) is 44.7 Å². The van der Waals surface area contributed by atoms with Crippen LogP contribution < -0.4 is 15.4 Å². The summed E-state index contributed by atoms with van der Waals surface area (Å²) in [6.07, 6.45) is -0.736. The summed E-state index contributed by atoms with van der Waals surface area (Å²) in [7, 11) is 1.50. The van der Waals surface area contributed by atoms with Gasteiger partial charge in [0.2, 0.25) is 0 Å². The van der Waals surface area contributed by atoms with Crippen molar-refractivity contribution in [2.75, 3.05) is 20.3 Å². The predicted molar refractivity (Wildman–Crippen MR) is 96.5 cm³/mol. The van der Waals surface area contributed by atoms with Gasteiger partial charge in [-0.15, -0.1) is 0 Å². The van der Waals surface area contributed by atoms with E-state index in [-0.39, 0.29) is 23.3 Å². The molecule has 136 valence electrons. The SMILES string of the molecule is CCNC(=O)c1cc(C(=O)NC)c2c(c1)[C@H](c1ccccc1)C(CF)O2. The molecule has 0 aliphatic carbocycles. The molecule has 2 aromatic carbocycles. The Bertz CT molecular complexity index is 823. The minimum absolute atomic E-state index is 0.239. The zero-order valence-electron chi connectivity index (χ0n) is 14.7. The topological polar surface area (TPSA) is 67.4 Å². The van der Waals surface area contributed by atoms with Gasteiger partial charge in [-0.05, 0) is 24.6 Å². The van der Waals surface area contributed by atoms with Gasteiger partial charge < -0.3 is 15.4 Å². The largest absolute Gasteiger partial charge is 0.486 e. The van der Waals surface area contributed by atoms with Gasteiger partial charge in [-0.3, -0.25) is 9.59 Å². The molecule has 5 nitrogen and oxygen atoms in total. The van der Waals surface area contributed by atoms with Gasteiger partial charge in [0.1, 0.15) is 18.5 Å². The van der Waals surface area contributed by atoms with Gasteiger partial charge >= 0.3 is 0 Å². The zero-order valence-corrected chi connectivity index (χ0v) is 14.7. The fourth-order valence-electron chi connectivity index (χ4n) is 3.31. The van der Waals surface area contributed by atoms with Crippen molar-refractivity contribution in [3.63, 3.8) is 0 Å². The Morgan fingerprint density at radius 2 is 1.88 bits per heavy atom. The van der Waals surface area contributed by atoms with Gasteiger partial charge in [-0.2, -0.15) is 0 Å². The highest BCUT2D eigenvalue weighted by Gasteiger charge is 2.39. The summed E-state index contributed by atoms with van der Waals surface area (Å²) in [6, 6.07) is 12.6. The molecule has 1 aliphatic rings. The molecular weight excluding hydrogens is 335 g/mol. The number of amides is 2. The molecule has 1 heterocycles. The van der Waals surface area contributed by atoms with Gasteiger partial charge in [0.25, 0.3) is 11.8 Å². The molecule has 26 heavy (non-hydrogen) atoms. The summed E-state index contributed by atoms with van der Waals surface area (Å²) in [5.41, 5.74) is 2.13. The summed E-state index contributed by atoms with van der Waals surface area (Å²) >= 11 is 0.